The number of hydrogen-bond donors (Lipinski definition) is 1. The van der Waals surface area contributed by atoms with Gasteiger partial charge in [-0.15, -0.1) is 0 Å². The minimum atomic E-state index is 0.252. The second-order valence-electron chi connectivity index (χ2n) is 5.41. The van der Waals surface area contributed by atoms with Crippen molar-refractivity contribution in [2.24, 2.45) is 0 Å². The minimum Gasteiger partial charge on any atom is -0.396 e. The lowest BCUT2D eigenvalue weighted by molar-refractivity contribution is 0.289. The Bertz CT molecular complexity index is 876. The predicted octanol–water partition coefficient (Wildman–Crippen LogP) is 4.51. The van der Waals surface area contributed by atoms with Crippen LogP contribution in [0.1, 0.15) is 12.0 Å². The zero-order valence-corrected chi connectivity index (χ0v) is 11.3. The van der Waals surface area contributed by atoms with E-state index < -0.39 is 0 Å². The van der Waals surface area contributed by atoms with E-state index in [1.54, 1.807) is 0 Å². The van der Waals surface area contributed by atoms with Crippen molar-refractivity contribution in [3.05, 3.63) is 60.2 Å². The molecule has 0 aliphatic carbocycles. The Kier molecular flexibility index (Phi) is 2.61. The molecule has 0 aromatic heterocycles. The lowest BCUT2D eigenvalue weighted by Gasteiger charge is -2.13. The van der Waals surface area contributed by atoms with Crippen molar-refractivity contribution in [1.29, 1.82) is 0 Å². The van der Waals surface area contributed by atoms with Crippen molar-refractivity contribution in [1.82, 2.24) is 0 Å². The highest BCUT2D eigenvalue weighted by Gasteiger charge is 2.10. The second kappa shape index (κ2) is 4.46. The molecule has 0 amide bonds. The summed E-state index contributed by atoms with van der Waals surface area (Å²) in [4.78, 5) is 0. The van der Waals surface area contributed by atoms with Crippen molar-refractivity contribution in [3.63, 3.8) is 0 Å². The van der Waals surface area contributed by atoms with Crippen LogP contribution in [0.3, 0.4) is 0 Å². The van der Waals surface area contributed by atoms with Crippen LogP contribution >= 0.6 is 0 Å². The van der Waals surface area contributed by atoms with Crippen molar-refractivity contribution >= 4 is 32.3 Å². The van der Waals surface area contributed by atoms with Gasteiger partial charge in [-0.1, -0.05) is 54.6 Å². The third kappa shape index (κ3) is 1.60. The number of aliphatic hydroxyl groups excluding tert-OH is 1. The molecule has 1 nitrogen and oxygen atoms in total. The third-order valence-electron chi connectivity index (χ3n) is 4.22. The lowest BCUT2D eigenvalue weighted by atomic mass is 9.91. The molecule has 0 aliphatic heterocycles. The average Bonchev–Trinajstić information content (AvgIpc) is 2.51. The van der Waals surface area contributed by atoms with Crippen LogP contribution in [-0.4, -0.2) is 11.7 Å². The van der Waals surface area contributed by atoms with Crippen LogP contribution in [0, 0.1) is 0 Å². The van der Waals surface area contributed by atoms with E-state index in [4.69, 9.17) is 5.11 Å². The van der Waals surface area contributed by atoms with Crippen LogP contribution in [0.5, 0.6) is 0 Å². The maximum absolute atomic E-state index is 9.07. The van der Waals surface area contributed by atoms with Crippen molar-refractivity contribution < 1.29 is 5.11 Å². The Morgan fingerprint density at radius 3 is 2.10 bits per heavy atom. The average molecular weight is 260 g/mol. The minimum absolute atomic E-state index is 0.252. The molecule has 98 valence electrons. The fourth-order valence-electron chi connectivity index (χ4n) is 3.28. The molecular weight excluding hydrogens is 244 g/mol. The van der Waals surface area contributed by atoms with Gasteiger partial charge in [0.25, 0.3) is 0 Å². The largest absolute Gasteiger partial charge is 0.396 e. The Balaban J connectivity index is 2.14. The van der Waals surface area contributed by atoms with E-state index in [1.807, 2.05) is 0 Å². The van der Waals surface area contributed by atoms with Gasteiger partial charge in [-0.2, -0.15) is 0 Å². The normalized spacial score (nSPS) is 11.8. The summed E-state index contributed by atoms with van der Waals surface area (Å²) in [6.45, 7) is 0.252. The standard InChI is InChI=1S/C19H16O/c20-12-2-5-13-6-7-16-9-8-14-3-1-4-15-10-11-17(13)19(16)18(14)15/h1,3-4,6-11,20H,2,5,12H2. The number of rotatable bonds is 3. The number of hydrogen-bond acceptors (Lipinski definition) is 1. The maximum Gasteiger partial charge on any atom is 0.0434 e. The first-order valence-electron chi connectivity index (χ1n) is 7.15. The van der Waals surface area contributed by atoms with Gasteiger partial charge in [-0.3, -0.25) is 0 Å². The van der Waals surface area contributed by atoms with Crippen LogP contribution in [0.2, 0.25) is 0 Å². The smallest absolute Gasteiger partial charge is 0.0434 e. The summed E-state index contributed by atoms with van der Waals surface area (Å²) in [5.74, 6) is 0. The summed E-state index contributed by atoms with van der Waals surface area (Å²) in [7, 11) is 0. The van der Waals surface area contributed by atoms with Gasteiger partial charge in [0.15, 0.2) is 0 Å². The second-order valence-corrected chi connectivity index (χ2v) is 5.41. The summed E-state index contributed by atoms with van der Waals surface area (Å²) in [6.07, 6.45) is 1.76. The summed E-state index contributed by atoms with van der Waals surface area (Å²) >= 11 is 0. The molecule has 0 heterocycles. The molecule has 4 rings (SSSR count). The zero-order valence-electron chi connectivity index (χ0n) is 11.3. The van der Waals surface area contributed by atoms with Gasteiger partial charge in [0.1, 0.15) is 0 Å². The van der Waals surface area contributed by atoms with E-state index >= 15 is 0 Å². The van der Waals surface area contributed by atoms with E-state index in [2.05, 4.69) is 54.6 Å². The third-order valence-corrected chi connectivity index (χ3v) is 4.22. The summed E-state index contributed by atoms with van der Waals surface area (Å²) < 4.78 is 0. The fraction of sp³-hybridized carbons (Fsp3) is 0.158. The molecule has 1 heteroatoms. The van der Waals surface area contributed by atoms with Crippen molar-refractivity contribution in [2.45, 2.75) is 12.8 Å². The van der Waals surface area contributed by atoms with Gasteiger partial charge in [0.2, 0.25) is 0 Å². The summed E-state index contributed by atoms with van der Waals surface area (Å²) in [5, 5.41) is 17.1. The molecule has 0 saturated heterocycles. The topological polar surface area (TPSA) is 20.2 Å². The highest BCUT2D eigenvalue weighted by Crippen LogP contribution is 2.36. The molecule has 0 unspecified atom stereocenters. The van der Waals surface area contributed by atoms with E-state index in [-0.39, 0.29) is 6.61 Å². The van der Waals surface area contributed by atoms with Gasteiger partial charge in [-0.05, 0) is 50.7 Å². The van der Waals surface area contributed by atoms with Gasteiger partial charge in [0, 0.05) is 6.61 Å². The zero-order chi connectivity index (χ0) is 13.5. The van der Waals surface area contributed by atoms with Crippen LogP contribution in [-0.2, 0) is 6.42 Å². The molecule has 1 N–H and O–H groups in total. The first-order valence-corrected chi connectivity index (χ1v) is 7.15. The van der Waals surface area contributed by atoms with Gasteiger partial charge in [0.05, 0.1) is 0 Å². The molecule has 0 saturated carbocycles. The van der Waals surface area contributed by atoms with Crippen LogP contribution < -0.4 is 0 Å². The summed E-state index contributed by atoms with van der Waals surface area (Å²) in [6, 6.07) is 19.8. The summed E-state index contributed by atoms with van der Waals surface area (Å²) in [5.41, 5.74) is 1.34. The quantitative estimate of drug-likeness (QED) is 0.537. The highest BCUT2D eigenvalue weighted by atomic mass is 16.2. The monoisotopic (exact) mass is 260 g/mol. The van der Waals surface area contributed by atoms with E-state index in [1.165, 1.54) is 37.9 Å². The molecule has 20 heavy (non-hydrogen) atoms. The first-order chi connectivity index (χ1) is 9.88. The molecule has 0 aliphatic rings. The predicted molar refractivity (Wildman–Crippen MR) is 85.6 cm³/mol. The van der Waals surface area contributed by atoms with Crippen LogP contribution in [0.25, 0.3) is 32.3 Å². The molecule has 0 bridgehead atoms. The van der Waals surface area contributed by atoms with E-state index in [0.29, 0.717) is 0 Å². The van der Waals surface area contributed by atoms with Crippen molar-refractivity contribution in [3.8, 4) is 0 Å². The molecule has 0 radical (unpaired) electrons. The van der Waals surface area contributed by atoms with Gasteiger partial charge < -0.3 is 5.11 Å². The van der Waals surface area contributed by atoms with Gasteiger partial charge in [-0.25, -0.2) is 0 Å². The highest BCUT2D eigenvalue weighted by molar-refractivity contribution is 6.23. The Labute approximate surface area is 117 Å². The number of benzene rings is 4. The molecule has 4 aromatic rings. The van der Waals surface area contributed by atoms with Crippen molar-refractivity contribution in [2.75, 3.05) is 6.61 Å². The molecule has 4 aromatic carbocycles. The fourth-order valence-corrected chi connectivity index (χ4v) is 3.28. The molecular formula is C19H16O. The van der Waals surface area contributed by atoms with Crippen LogP contribution in [0.15, 0.2) is 54.6 Å². The van der Waals surface area contributed by atoms with E-state index in [0.717, 1.165) is 12.8 Å². The Hall–Kier alpha value is -2.12. The molecule has 0 atom stereocenters. The van der Waals surface area contributed by atoms with Crippen LogP contribution in [0.4, 0.5) is 0 Å². The first kappa shape index (κ1) is 11.7. The van der Waals surface area contributed by atoms with Gasteiger partial charge >= 0.3 is 0 Å². The molecule has 0 spiro atoms. The Morgan fingerprint density at radius 1 is 0.700 bits per heavy atom. The maximum atomic E-state index is 9.07. The SMILES string of the molecule is OCCCc1ccc2ccc3cccc4ccc1c2c34. The Morgan fingerprint density at radius 2 is 1.35 bits per heavy atom. The number of aliphatic hydroxyl groups is 1. The van der Waals surface area contributed by atoms with E-state index in [9.17, 15) is 0 Å². The molecule has 0 fully saturated rings. The number of aryl methyl sites for hydroxylation is 1. The lowest BCUT2D eigenvalue weighted by Crippen LogP contribution is -1.92.